The molecule has 0 saturated carbocycles. The number of nitrogens with zero attached hydrogens (tertiary/aromatic N) is 2. The van der Waals surface area contributed by atoms with E-state index in [1.807, 2.05) is 55.5 Å². The standard InChI is InChI=1S/C28H26N2O4/c1-3-4-17-34-21-15-11-19(12-16-21)24-25(28(33)29(24)20-13-9-18(2)10-14-20)30-26(31)22-7-5-6-8-23(22)27(30)32/h5-16,24-25H,3-4,17H2,1-2H3/t24-,25-/m0/s1. The van der Waals surface area contributed by atoms with Crippen LogP contribution in [0.3, 0.4) is 0 Å². The summed E-state index contributed by atoms with van der Waals surface area (Å²) in [6.45, 7) is 4.74. The average Bonchev–Trinajstić information content (AvgIpc) is 3.10. The number of hydrogen-bond acceptors (Lipinski definition) is 4. The number of imide groups is 1. The van der Waals surface area contributed by atoms with Gasteiger partial charge in [0, 0.05) is 5.69 Å². The molecule has 1 fully saturated rings. The van der Waals surface area contributed by atoms with Crippen LogP contribution in [0.4, 0.5) is 5.69 Å². The molecule has 0 unspecified atom stereocenters. The molecule has 2 heterocycles. The molecule has 34 heavy (non-hydrogen) atoms. The average molecular weight is 455 g/mol. The predicted octanol–water partition coefficient (Wildman–Crippen LogP) is 4.93. The third kappa shape index (κ3) is 3.55. The largest absolute Gasteiger partial charge is 0.494 e. The van der Waals surface area contributed by atoms with Crippen molar-refractivity contribution in [3.05, 3.63) is 95.1 Å². The molecule has 172 valence electrons. The number of fused-ring (bicyclic) bond motifs is 1. The molecule has 5 rings (SSSR count). The van der Waals surface area contributed by atoms with Gasteiger partial charge in [-0.3, -0.25) is 19.3 Å². The lowest BCUT2D eigenvalue weighted by atomic mass is 9.86. The maximum Gasteiger partial charge on any atom is 0.262 e. The summed E-state index contributed by atoms with van der Waals surface area (Å²) < 4.78 is 5.78. The number of ether oxygens (including phenoxy) is 1. The maximum atomic E-state index is 13.5. The molecule has 0 bridgehead atoms. The molecular weight excluding hydrogens is 428 g/mol. The Morgan fingerprint density at radius 3 is 1.97 bits per heavy atom. The van der Waals surface area contributed by atoms with E-state index in [0.717, 1.165) is 40.3 Å². The summed E-state index contributed by atoms with van der Waals surface area (Å²) in [7, 11) is 0. The van der Waals surface area contributed by atoms with Crippen LogP contribution < -0.4 is 9.64 Å². The zero-order valence-electron chi connectivity index (χ0n) is 19.2. The molecule has 2 aliphatic heterocycles. The molecule has 0 radical (unpaired) electrons. The molecule has 3 aromatic rings. The minimum atomic E-state index is -0.902. The Labute approximate surface area is 198 Å². The van der Waals surface area contributed by atoms with E-state index in [4.69, 9.17) is 4.74 Å². The first-order valence-electron chi connectivity index (χ1n) is 11.6. The van der Waals surface area contributed by atoms with E-state index in [1.54, 1.807) is 29.2 Å². The number of carbonyl (C=O) groups is 3. The topological polar surface area (TPSA) is 66.9 Å². The molecule has 0 aromatic heterocycles. The third-order valence-electron chi connectivity index (χ3n) is 6.47. The van der Waals surface area contributed by atoms with Crippen LogP contribution in [0.2, 0.25) is 0 Å². The van der Waals surface area contributed by atoms with Crippen molar-refractivity contribution in [2.24, 2.45) is 0 Å². The van der Waals surface area contributed by atoms with Gasteiger partial charge in [-0.15, -0.1) is 0 Å². The Morgan fingerprint density at radius 2 is 1.38 bits per heavy atom. The molecule has 3 aromatic carbocycles. The molecule has 6 heteroatoms. The van der Waals surface area contributed by atoms with E-state index in [2.05, 4.69) is 6.92 Å². The summed E-state index contributed by atoms with van der Waals surface area (Å²) in [6, 6.07) is 20.6. The minimum absolute atomic E-state index is 0.272. The van der Waals surface area contributed by atoms with Gasteiger partial charge in [-0.05, 0) is 55.3 Å². The van der Waals surface area contributed by atoms with Crippen molar-refractivity contribution >= 4 is 23.4 Å². The normalized spacial score (nSPS) is 19.3. The van der Waals surface area contributed by atoms with E-state index in [-0.39, 0.29) is 5.91 Å². The second-order valence-corrected chi connectivity index (χ2v) is 8.73. The Balaban J connectivity index is 1.50. The van der Waals surface area contributed by atoms with Gasteiger partial charge >= 0.3 is 0 Å². The van der Waals surface area contributed by atoms with E-state index in [9.17, 15) is 14.4 Å². The van der Waals surface area contributed by atoms with Crippen molar-refractivity contribution in [3.8, 4) is 5.75 Å². The summed E-state index contributed by atoms with van der Waals surface area (Å²) in [5.74, 6) is -0.368. The summed E-state index contributed by atoms with van der Waals surface area (Å²) in [4.78, 5) is 42.6. The van der Waals surface area contributed by atoms with Gasteiger partial charge in [0.25, 0.3) is 17.7 Å². The van der Waals surface area contributed by atoms with E-state index in [0.29, 0.717) is 17.7 Å². The monoisotopic (exact) mass is 454 g/mol. The summed E-state index contributed by atoms with van der Waals surface area (Å²) in [5, 5.41) is 0. The van der Waals surface area contributed by atoms with Crippen molar-refractivity contribution in [1.29, 1.82) is 0 Å². The molecule has 1 saturated heterocycles. The van der Waals surface area contributed by atoms with Crippen LogP contribution in [0.5, 0.6) is 5.75 Å². The number of benzene rings is 3. The number of unbranched alkanes of at least 4 members (excludes halogenated alkanes) is 1. The number of amides is 3. The summed E-state index contributed by atoms with van der Waals surface area (Å²) >= 11 is 0. The van der Waals surface area contributed by atoms with Crippen molar-refractivity contribution < 1.29 is 19.1 Å². The van der Waals surface area contributed by atoms with Crippen LogP contribution in [-0.2, 0) is 4.79 Å². The molecule has 0 spiro atoms. The molecule has 0 N–H and O–H groups in total. The fourth-order valence-electron chi connectivity index (χ4n) is 4.61. The van der Waals surface area contributed by atoms with Crippen molar-refractivity contribution in [2.75, 3.05) is 11.5 Å². The zero-order valence-corrected chi connectivity index (χ0v) is 19.2. The maximum absolute atomic E-state index is 13.5. The fourth-order valence-corrected chi connectivity index (χ4v) is 4.61. The number of anilines is 1. The number of carbonyl (C=O) groups excluding carboxylic acids is 3. The van der Waals surface area contributed by atoms with Crippen molar-refractivity contribution in [1.82, 2.24) is 4.90 Å². The lowest BCUT2D eigenvalue weighted by molar-refractivity contribution is -0.130. The van der Waals surface area contributed by atoms with Crippen LogP contribution >= 0.6 is 0 Å². The van der Waals surface area contributed by atoms with E-state index < -0.39 is 23.9 Å². The van der Waals surface area contributed by atoms with Gasteiger partial charge < -0.3 is 9.64 Å². The second kappa shape index (κ2) is 8.78. The van der Waals surface area contributed by atoms with Crippen molar-refractivity contribution in [3.63, 3.8) is 0 Å². The lowest BCUT2D eigenvalue weighted by Gasteiger charge is -2.49. The third-order valence-corrected chi connectivity index (χ3v) is 6.47. The predicted molar refractivity (Wildman–Crippen MR) is 129 cm³/mol. The highest BCUT2D eigenvalue weighted by molar-refractivity contribution is 6.24. The van der Waals surface area contributed by atoms with Crippen LogP contribution in [0, 0.1) is 6.92 Å². The lowest BCUT2D eigenvalue weighted by Crippen LogP contribution is -2.67. The Bertz CT molecular complexity index is 1220. The van der Waals surface area contributed by atoms with Gasteiger partial charge in [0.1, 0.15) is 11.8 Å². The van der Waals surface area contributed by atoms with Gasteiger partial charge in [0.2, 0.25) is 0 Å². The second-order valence-electron chi connectivity index (χ2n) is 8.73. The van der Waals surface area contributed by atoms with Gasteiger partial charge in [-0.25, -0.2) is 0 Å². The number of hydrogen-bond donors (Lipinski definition) is 0. The first kappa shape index (κ1) is 21.9. The van der Waals surface area contributed by atoms with Gasteiger partial charge in [0.15, 0.2) is 0 Å². The SMILES string of the molecule is CCCCOc1ccc([C@H]2[C@H](N3C(=O)c4ccccc4C3=O)C(=O)N2c2ccc(C)cc2)cc1. The number of aryl methyl sites for hydroxylation is 1. The number of rotatable bonds is 7. The minimum Gasteiger partial charge on any atom is -0.494 e. The highest BCUT2D eigenvalue weighted by Crippen LogP contribution is 2.44. The Kier molecular flexibility index (Phi) is 5.65. The van der Waals surface area contributed by atoms with Crippen LogP contribution in [-0.4, -0.2) is 35.3 Å². The van der Waals surface area contributed by atoms with Crippen LogP contribution in [0.25, 0.3) is 0 Å². The molecule has 6 nitrogen and oxygen atoms in total. The fraction of sp³-hybridized carbons (Fsp3) is 0.250. The van der Waals surface area contributed by atoms with E-state index >= 15 is 0 Å². The van der Waals surface area contributed by atoms with Gasteiger partial charge in [0.05, 0.1) is 23.8 Å². The van der Waals surface area contributed by atoms with E-state index in [1.165, 1.54) is 0 Å². The summed E-state index contributed by atoms with van der Waals surface area (Å²) in [6.07, 6.45) is 2.03. The number of β-lactam (4-membered cyclic amide) rings is 1. The molecular formula is C28H26N2O4. The first-order chi connectivity index (χ1) is 16.5. The smallest absolute Gasteiger partial charge is 0.262 e. The zero-order chi connectivity index (χ0) is 23.8. The Morgan fingerprint density at radius 1 is 0.765 bits per heavy atom. The Hall–Kier alpha value is -3.93. The van der Waals surface area contributed by atoms with Crippen LogP contribution in [0.1, 0.15) is 57.7 Å². The molecule has 3 amide bonds. The van der Waals surface area contributed by atoms with Gasteiger partial charge in [-0.1, -0.05) is 55.3 Å². The first-order valence-corrected chi connectivity index (χ1v) is 11.6. The highest BCUT2D eigenvalue weighted by Gasteiger charge is 2.57. The van der Waals surface area contributed by atoms with Crippen LogP contribution in [0.15, 0.2) is 72.8 Å². The molecule has 2 atom stereocenters. The van der Waals surface area contributed by atoms with Crippen molar-refractivity contribution in [2.45, 2.75) is 38.8 Å². The quantitative estimate of drug-likeness (QED) is 0.289. The molecule has 0 aliphatic carbocycles. The molecule has 2 aliphatic rings. The van der Waals surface area contributed by atoms with Gasteiger partial charge in [-0.2, -0.15) is 0 Å². The highest BCUT2D eigenvalue weighted by atomic mass is 16.5. The summed E-state index contributed by atoms with van der Waals surface area (Å²) in [5.41, 5.74) is 3.33.